The minimum absolute atomic E-state index is 0.0840. The molecule has 15 heavy (non-hydrogen) atoms. The Morgan fingerprint density at radius 1 is 1.40 bits per heavy atom. The lowest BCUT2D eigenvalue weighted by atomic mass is 10.1. The van der Waals surface area contributed by atoms with Gasteiger partial charge in [0.2, 0.25) is 0 Å². The molecule has 1 aromatic rings. The zero-order valence-corrected chi connectivity index (χ0v) is 8.56. The largest absolute Gasteiger partial charge is 0.495 e. The van der Waals surface area contributed by atoms with E-state index in [4.69, 9.17) is 4.74 Å². The van der Waals surface area contributed by atoms with Gasteiger partial charge in [0.25, 0.3) is 0 Å². The Morgan fingerprint density at radius 2 is 2.07 bits per heavy atom. The molecule has 5 heteroatoms. The number of pyridine rings is 1. The second-order valence-electron chi connectivity index (χ2n) is 3.25. The third-order valence-electron chi connectivity index (χ3n) is 2.04. The number of aromatic nitrogens is 1. The lowest BCUT2D eigenvalue weighted by Crippen LogP contribution is -2.10. The molecule has 1 heterocycles. The van der Waals surface area contributed by atoms with Crippen LogP contribution >= 0.6 is 0 Å². The van der Waals surface area contributed by atoms with E-state index in [1.54, 1.807) is 13.0 Å². The van der Waals surface area contributed by atoms with Gasteiger partial charge >= 0.3 is 6.18 Å². The molecule has 0 aliphatic rings. The molecule has 0 unspecified atom stereocenters. The van der Waals surface area contributed by atoms with Gasteiger partial charge in [0.05, 0.1) is 13.3 Å². The van der Waals surface area contributed by atoms with E-state index in [0.717, 1.165) is 5.56 Å². The summed E-state index contributed by atoms with van der Waals surface area (Å²) in [5.74, 6) is 0.559. The van der Waals surface area contributed by atoms with E-state index in [1.807, 2.05) is 0 Å². The number of aryl methyl sites for hydroxylation is 2. The van der Waals surface area contributed by atoms with Crippen molar-refractivity contribution < 1.29 is 17.9 Å². The third-order valence-corrected chi connectivity index (χ3v) is 2.04. The van der Waals surface area contributed by atoms with Crippen molar-refractivity contribution in [1.82, 2.24) is 4.98 Å². The number of hydrogen-bond donors (Lipinski definition) is 0. The van der Waals surface area contributed by atoms with Crippen molar-refractivity contribution in [3.63, 3.8) is 0 Å². The van der Waals surface area contributed by atoms with Gasteiger partial charge in [-0.05, 0) is 25.0 Å². The summed E-state index contributed by atoms with van der Waals surface area (Å²) in [6, 6.07) is 1.68. The van der Waals surface area contributed by atoms with Crippen LogP contribution in [0.3, 0.4) is 0 Å². The zero-order valence-electron chi connectivity index (χ0n) is 8.56. The fourth-order valence-corrected chi connectivity index (χ4v) is 1.21. The quantitative estimate of drug-likeness (QED) is 0.779. The Labute approximate surface area is 86.1 Å². The van der Waals surface area contributed by atoms with Crippen molar-refractivity contribution in [3.8, 4) is 5.75 Å². The third kappa shape index (κ3) is 3.77. The monoisotopic (exact) mass is 219 g/mol. The Hall–Kier alpha value is -1.26. The van der Waals surface area contributed by atoms with Gasteiger partial charge < -0.3 is 4.74 Å². The van der Waals surface area contributed by atoms with Crippen molar-refractivity contribution >= 4 is 0 Å². The van der Waals surface area contributed by atoms with Crippen molar-refractivity contribution in [1.29, 1.82) is 0 Å². The van der Waals surface area contributed by atoms with Crippen molar-refractivity contribution in [2.45, 2.75) is 25.9 Å². The summed E-state index contributed by atoms with van der Waals surface area (Å²) in [5.41, 5.74) is 1.19. The molecular weight excluding hydrogens is 207 g/mol. The summed E-state index contributed by atoms with van der Waals surface area (Å²) in [7, 11) is 1.49. The summed E-state index contributed by atoms with van der Waals surface area (Å²) in [6.07, 6.45) is -3.63. The molecule has 0 atom stereocenters. The first-order valence-electron chi connectivity index (χ1n) is 4.48. The molecule has 84 valence electrons. The molecule has 0 aliphatic heterocycles. The number of nitrogens with zero attached hydrogens (tertiary/aromatic N) is 1. The lowest BCUT2D eigenvalue weighted by molar-refractivity contribution is -0.134. The zero-order chi connectivity index (χ0) is 11.5. The van der Waals surface area contributed by atoms with E-state index in [9.17, 15) is 13.2 Å². The van der Waals surface area contributed by atoms with E-state index < -0.39 is 12.6 Å². The summed E-state index contributed by atoms with van der Waals surface area (Å²) < 4.78 is 40.8. The maximum atomic E-state index is 12.0. The number of methoxy groups -OCH3 is 1. The first kappa shape index (κ1) is 11.8. The van der Waals surface area contributed by atoms with E-state index in [2.05, 4.69) is 4.98 Å². The fourth-order valence-electron chi connectivity index (χ4n) is 1.21. The molecule has 0 saturated heterocycles. The predicted octanol–water partition coefficient (Wildman–Crippen LogP) is 2.89. The highest BCUT2D eigenvalue weighted by Gasteiger charge is 2.27. The SMILES string of the molecule is COc1cnc(CCC(F)(F)F)c(C)c1. The standard InChI is InChI=1S/C10H12F3NO/c1-7-5-8(15-2)6-14-9(7)3-4-10(11,12)13/h5-6H,3-4H2,1-2H3. The number of hydrogen-bond acceptors (Lipinski definition) is 2. The van der Waals surface area contributed by atoms with Crippen LogP contribution in [0.4, 0.5) is 13.2 Å². The highest BCUT2D eigenvalue weighted by molar-refractivity contribution is 5.28. The van der Waals surface area contributed by atoms with Crippen LogP contribution in [-0.2, 0) is 6.42 Å². The first-order valence-corrected chi connectivity index (χ1v) is 4.48. The number of ether oxygens (including phenoxy) is 1. The predicted molar refractivity (Wildman–Crippen MR) is 49.9 cm³/mol. The molecule has 0 spiro atoms. The summed E-state index contributed by atoms with van der Waals surface area (Å²) in [5, 5.41) is 0. The smallest absolute Gasteiger partial charge is 0.389 e. The molecule has 0 radical (unpaired) electrons. The van der Waals surface area contributed by atoms with Gasteiger partial charge in [-0.15, -0.1) is 0 Å². The van der Waals surface area contributed by atoms with Crippen LogP contribution in [0.25, 0.3) is 0 Å². The molecule has 2 nitrogen and oxygen atoms in total. The minimum atomic E-state index is -4.13. The highest BCUT2D eigenvalue weighted by atomic mass is 19.4. The second-order valence-corrected chi connectivity index (χ2v) is 3.25. The molecule has 1 rings (SSSR count). The minimum Gasteiger partial charge on any atom is -0.495 e. The van der Waals surface area contributed by atoms with E-state index >= 15 is 0 Å². The molecule has 0 aromatic carbocycles. The van der Waals surface area contributed by atoms with Gasteiger partial charge in [-0.3, -0.25) is 4.98 Å². The Kier molecular flexibility index (Phi) is 3.55. The Morgan fingerprint density at radius 3 is 2.53 bits per heavy atom. The molecule has 0 saturated carbocycles. The van der Waals surface area contributed by atoms with E-state index in [-0.39, 0.29) is 6.42 Å². The maximum Gasteiger partial charge on any atom is 0.389 e. The van der Waals surface area contributed by atoms with Crippen LogP contribution in [0.15, 0.2) is 12.3 Å². The molecule has 1 aromatic heterocycles. The molecule has 0 aliphatic carbocycles. The number of rotatable bonds is 3. The normalized spacial score (nSPS) is 11.5. The van der Waals surface area contributed by atoms with E-state index in [1.165, 1.54) is 13.3 Å². The topological polar surface area (TPSA) is 22.1 Å². The summed E-state index contributed by atoms with van der Waals surface area (Å²) in [4.78, 5) is 3.93. The van der Waals surface area contributed by atoms with Crippen LogP contribution in [-0.4, -0.2) is 18.3 Å². The van der Waals surface area contributed by atoms with Crippen LogP contribution in [0.1, 0.15) is 17.7 Å². The van der Waals surface area contributed by atoms with Gasteiger partial charge in [0.15, 0.2) is 0 Å². The summed E-state index contributed by atoms with van der Waals surface area (Å²) in [6.45, 7) is 1.72. The van der Waals surface area contributed by atoms with Crippen molar-refractivity contribution in [3.05, 3.63) is 23.5 Å². The average Bonchev–Trinajstić information content (AvgIpc) is 2.14. The van der Waals surface area contributed by atoms with E-state index in [0.29, 0.717) is 11.4 Å². The van der Waals surface area contributed by atoms with Gasteiger partial charge in [-0.2, -0.15) is 13.2 Å². The van der Waals surface area contributed by atoms with Gasteiger partial charge in [0.1, 0.15) is 5.75 Å². The molecule has 0 fully saturated rings. The van der Waals surface area contributed by atoms with Crippen LogP contribution in [0, 0.1) is 6.92 Å². The van der Waals surface area contributed by atoms with Gasteiger partial charge in [-0.1, -0.05) is 0 Å². The Bertz CT molecular complexity index is 336. The van der Waals surface area contributed by atoms with Gasteiger partial charge in [-0.25, -0.2) is 0 Å². The molecular formula is C10H12F3NO. The van der Waals surface area contributed by atoms with Crippen LogP contribution < -0.4 is 4.74 Å². The first-order chi connectivity index (χ1) is 6.92. The van der Waals surface area contributed by atoms with Crippen LogP contribution in [0.5, 0.6) is 5.75 Å². The highest BCUT2D eigenvalue weighted by Crippen LogP contribution is 2.23. The van der Waals surface area contributed by atoms with Crippen molar-refractivity contribution in [2.24, 2.45) is 0 Å². The number of halogens is 3. The van der Waals surface area contributed by atoms with Gasteiger partial charge in [0, 0.05) is 12.1 Å². The fraction of sp³-hybridized carbons (Fsp3) is 0.500. The van der Waals surface area contributed by atoms with Crippen LogP contribution in [0.2, 0.25) is 0 Å². The number of alkyl halides is 3. The molecule has 0 amide bonds. The molecule has 0 N–H and O–H groups in total. The maximum absolute atomic E-state index is 12.0. The second kappa shape index (κ2) is 4.51. The molecule has 0 bridgehead atoms. The summed E-state index contributed by atoms with van der Waals surface area (Å²) >= 11 is 0. The van der Waals surface area contributed by atoms with Crippen molar-refractivity contribution in [2.75, 3.05) is 7.11 Å². The lowest BCUT2D eigenvalue weighted by Gasteiger charge is -2.08. The average molecular weight is 219 g/mol. The Balaban J connectivity index is 2.70.